The van der Waals surface area contributed by atoms with Crippen molar-refractivity contribution in [1.29, 1.82) is 0 Å². The van der Waals surface area contributed by atoms with Crippen LogP contribution < -0.4 is 0 Å². The fourth-order valence-corrected chi connectivity index (χ4v) is 4.31. The Morgan fingerprint density at radius 3 is 2.52 bits per heavy atom. The second-order valence-corrected chi connectivity index (χ2v) is 7.93. The van der Waals surface area contributed by atoms with E-state index in [1.165, 1.54) is 18.4 Å². The van der Waals surface area contributed by atoms with Gasteiger partial charge in [-0.2, -0.15) is 5.10 Å². The summed E-state index contributed by atoms with van der Waals surface area (Å²) in [6, 6.07) is 2.06. The molecule has 1 N–H and O–H groups in total. The summed E-state index contributed by atoms with van der Waals surface area (Å²) in [5.74, 6) is 0. The van der Waals surface area contributed by atoms with E-state index in [1.54, 1.807) is 0 Å². The van der Waals surface area contributed by atoms with E-state index in [4.69, 9.17) is 0 Å². The first-order valence-electron chi connectivity index (χ1n) is 9.50. The van der Waals surface area contributed by atoms with Crippen molar-refractivity contribution in [2.24, 2.45) is 0 Å². The van der Waals surface area contributed by atoms with Gasteiger partial charge in [0.15, 0.2) is 5.65 Å². The number of fused-ring (bicyclic) bond motifs is 1. The number of hydrogen-bond acceptors (Lipinski definition) is 5. The van der Waals surface area contributed by atoms with Gasteiger partial charge in [-0.1, -0.05) is 0 Å². The van der Waals surface area contributed by atoms with Crippen molar-refractivity contribution in [2.45, 2.75) is 51.7 Å². The van der Waals surface area contributed by atoms with E-state index in [0.717, 1.165) is 69.1 Å². The van der Waals surface area contributed by atoms with Crippen LogP contribution >= 0.6 is 0 Å². The zero-order valence-corrected chi connectivity index (χ0v) is 15.4. The van der Waals surface area contributed by atoms with E-state index < -0.39 is 5.60 Å². The van der Waals surface area contributed by atoms with Gasteiger partial charge in [-0.25, -0.2) is 9.50 Å². The van der Waals surface area contributed by atoms with Gasteiger partial charge >= 0.3 is 0 Å². The number of aliphatic hydroxyl groups is 1. The first-order valence-corrected chi connectivity index (χ1v) is 9.50. The maximum absolute atomic E-state index is 10.9. The van der Waals surface area contributed by atoms with E-state index in [-0.39, 0.29) is 0 Å². The fraction of sp³-hybridized carbons (Fsp3) is 0.684. The molecule has 2 saturated heterocycles. The maximum Gasteiger partial charge on any atom is 0.159 e. The fourth-order valence-electron chi connectivity index (χ4n) is 4.31. The Morgan fingerprint density at radius 1 is 1.08 bits per heavy atom. The topological polar surface area (TPSA) is 56.9 Å². The quantitative estimate of drug-likeness (QED) is 0.917. The Kier molecular flexibility index (Phi) is 4.52. The standard InChI is InChI=1S/C19H29N5O/c1-15-11-16(2)24-18(21-15)17(12-20-24)13-22-9-5-19(25,6-10-22)14-23-7-3-4-8-23/h11-12,25H,3-10,13-14H2,1-2H3. The van der Waals surface area contributed by atoms with Gasteiger partial charge in [-0.05, 0) is 58.7 Å². The third kappa shape index (κ3) is 3.57. The third-order valence-corrected chi connectivity index (χ3v) is 5.75. The molecule has 2 aromatic heterocycles. The van der Waals surface area contributed by atoms with Crippen molar-refractivity contribution in [2.75, 3.05) is 32.7 Å². The highest BCUT2D eigenvalue weighted by molar-refractivity contribution is 5.47. The van der Waals surface area contributed by atoms with Gasteiger partial charge in [0.05, 0.1) is 11.8 Å². The van der Waals surface area contributed by atoms with Crippen LogP contribution in [0.5, 0.6) is 0 Å². The van der Waals surface area contributed by atoms with Crippen LogP contribution in [0.2, 0.25) is 0 Å². The number of aryl methyl sites for hydroxylation is 2. The number of hydrogen-bond donors (Lipinski definition) is 1. The molecule has 6 heteroatoms. The largest absolute Gasteiger partial charge is 0.388 e. The predicted molar refractivity (Wildman–Crippen MR) is 97.6 cm³/mol. The lowest BCUT2D eigenvalue weighted by Gasteiger charge is -2.40. The number of aromatic nitrogens is 3. The lowest BCUT2D eigenvalue weighted by atomic mass is 9.90. The van der Waals surface area contributed by atoms with Crippen LogP contribution in [0.3, 0.4) is 0 Å². The third-order valence-electron chi connectivity index (χ3n) is 5.75. The predicted octanol–water partition coefficient (Wildman–Crippen LogP) is 1.77. The average Bonchev–Trinajstić information content (AvgIpc) is 3.20. The Hall–Kier alpha value is -1.50. The molecule has 136 valence electrons. The molecule has 0 atom stereocenters. The summed E-state index contributed by atoms with van der Waals surface area (Å²) in [6.07, 6.45) is 6.22. The summed E-state index contributed by atoms with van der Waals surface area (Å²) in [7, 11) is 0. The van der Waals surface area contributed by atoms with Crippen LogP contribution in [-0.4, -0.2) is 67.8 Å². The van der Waals surface area contributed by atoms with Gasteiger partial charge in [0, 0.05) is 43.1 Å². The highest BCUT2D eigenvalue weighted by atomic mass is 16.3. The summed E-state index contributed by atoms with van der Waals surface area (Å²) >= 11 is 0. The summed E-state index contributed by atoms with van der Waals surface area (Å²) in [5, 5.41) is 15.4. The minimum atomic E-state index is -0.507. The van der Waals surface area contributed by atoms with Gasteiger partial charge in [-0.15, -0.1) is 0 Å². The molecule has 0 amide bonds. The summed E-state index contributed by atoms with van der Waals surface area (Å²) in [5.41, 5.74) is 3.79. The van der Waals surface area contributed by atoms with E-state index in [9.17, 15) is 5.11 Å². The van der Waals surface area contributed by atoms with Crippen LogP contribution in [-0.2, 0) is 6.54 Å². The van der Waals surface area contributed by atoms with Crippen molar-refractivity contribution in [3.05, 3.63) is 29.2 Å². The van der Waals surface area contributed by atoms with Gasteiger partial charge in [0.2, 0.25) is 0 Å². The Balaban J connectivity index is 1.40. The van der Waals surface area contributed by atoms with Crippen molar-refractivity contribution >= 4 is 5.65 Å². The lowest BCUT2D eigenvalue weighted by Crippen LogP contribution is -2.50. The molecule has 0 aromatic carbocycles. The smallest absolute Gasteiger partial charge is 0.159 e. The molecular formula is C19H29N5O. The zero-order chi connectivity index (χ0) is 17.4. The second-order valence-electron chi connectivity index (χ2n) is 7.93. The molecule has 0 radical (unpaired) electrons. The summed E-state index contributed by atoms with van der Waals surface area (Å²) in [6.45, 7) is 9.98. The zero-order valence-electron chi connectivity index (χ0n) is 15.4. The molecule has 0 unspecified atom stereocenters. The van der Waals surface area contributed by atoms with E-state index in [0.29, 0.717) is 0 Å². The summed E-state index contributed by atoms with van der Waals surface area (Å²) < 4.78 is 1.93. The first-order chi connectivity index (χ1) is 12.0. The molecule has 2 fully saturated rings. The monoisotopic (exact) mass is 343 g/mol. The minimum absolute atomic E-state index is 0.507. The second kappa shape index (κ2) is 6.67. The van der Waals surface area contributed by atoms with E-state index >= 15 is 0 Å². The first kappa shape index (κ1) is 16.9. The van der Waals surface area contributed by atoms with Crippen LogP contribution in [0.1, 0.15) is 42.6 Å². The Labute approximate surface area is 149 Å². The average molecular weight is 343 g/mol. The number of nitrogens with zero attached hydrogens (tertiary/aromatic N) is 5. The number of piperidine rings is 1. The van der Waals surface area contributed by atoms with Gasteiger partial charge in [0.25, 0.3) is 0 Å². The number of likely N-dealkylation sites (tertiary alicyclic amines) is 2. The molecule has 0 aliphatic carbocycles. The van der Waals surface area contributed by atoms with Crippen molar-refractivity contribution < 1.29 is 5.11 Å². The van der Waals surface area contributed by atoms with E-state index in [1.807, 2.05) is 17.6 Å². The maximum atomic E-state index is 10.9. The van der Waals surface area contributed by atoms with Crippen LogP contribution in [0.4, 0.5) is 0 Å². The molecular weight excluding hydrogens is 314 g/mol. The van der Waals surface area contributed by atoms with E-state index in [2.05, 4.69) is 32.9 Å². The van der Waals surface area contributed by atoms with Crippen LogP contribution in [0.25, 0.3) is 5.65 Å². The van der Waals surface area contributed by atoms with Gasteiger partial charge in [-0.3, -0.25) is 4.90 Å². The highest BCUT2D eigenvalue weighted by Crippen LogP contribution is 2.26. The SMILES string of the molecule is Cc1cc(C)n2ncc(CN3CCC(O)(CN4CCCC4)CC3)c2n1. The molecule has 0 bridgehead atoms. The summed E-state index contributed by atoms with van der Waals surface area (Å²) in [4.78, 5) is 9.53. The van der Waals surface area contributed by atoms with Gasteiger partial charge in [0.1, 0.15) is 0 Å². The van der Waals surface area contributed by atoms with Crippen LogP contribution in [0.15, 0.2) is 12.3 Å². The molecule has 6 nitrogen and oxygen atoms in total. The molecule has 2 aliphatic rings. The lowest BCUT2D eigenvalue weighted by molar-refractivity contribution is -0.0429. The van der Waals surface area contributed by atoms with Crippen molar-refractivity contribution in [3.8, 4) is 0 Å². The highest BCUT2D eigenvalue weighted by Gasteiger charge is 2.34. The molecule has 2 aliphatic heterocycles. The molecule has 4 heterocycles. The molecule has 0 saturated carbocycles. The minimum Gasteiger partial charge on any atom is -0.388 e. The Morgan fingerprint density at radius 2 is 1.80 bits per heavy atom. The number of β-amino-alcohol motifs (C(OH)–C–C–N with tert-alkyl or cyclic N) is 1. The molecule has 4 rings (SSSR count). The molecule has 0 spiro atoms. The molecule has 2 aromatic rings. The molecule has 25 heavy (non-hydrogen) atoms. The number of rotatable bonds is 4. The van der Waals surface area contributed by atoms with Crippen molar-refractivity contribution in [3.63, 3.8) is 0 Å². The van der Waals surface area contributed by atoms with Crippen molar-refractivity contribution in [1.82, 2.24) is 24.4 Å². The normalized spacial score (nSPS) is 22.0. The van der Waals surface area contributed by atoms with Crippen LogP contribution in [0, 0.1) is 13.8 Å². The van der Waals surface area contributed by atoms with Gasteiger partial charge < -0.3 is 10.0 Å². The Bertz CT molecular complexity index is 742.